The summed E-state index contributed by atoms with van der Waals surface area (Å²) in [4.78, 5) is 45.4. The lowest BCUT2D eigenvalue weighted by Gasteiger charge is -2.30. The third kappa shape index (κ3) is 8.20. The Hall–Kier alpha value is -2.28. The molecule has 0 aliphatic heterocycles. The van der Waals surface area contributed by atoms with Crippen molar-refractivity contribution in [3.63, 3.8) is 0 Å². The fraction of sp³-hybridized carbons (Fsp3) is 0.714. The van der Waals surface area contributed by atoms with E-state index >= 15 is 0 Å². The van der Waals surface area contributed by atoms with Crippen LogP contribution in [0.15, 0.2) is 0 Å². The van der Waals surface area contributed by atoms with Gasteiger partial charge in [0.2, 0.25) is 11.8 Å². The highest BCUT2D eigenvalue weighted by molar-refractivity contribution is 5.82. The molecular weight excluding hydrogens is 356 g/mol. The molecule has 26 heavy (non-hydrogen) atoms. The van der Waals surface area contributed by atoms with Crippen molar-refractivity contribution in [2.75, 3.05) is 26.4 Å². The van der Waals surface area contributed by atoms with Crippen molar-refractivity contribution in [2.45, 2.75) is 38.3 Å². The van der Waals surface area contributed by atoms with Gasteiger partial charge in [-0.1, -0.05) is 0 Å². The van der Waals surface area contributed by atoms with Crippen LogP contribution in [0.2, 0.25) is 0 Å². The maximum atomic E-state index is 11.6. The SMILES string of the molecule is CCOC(=O)CO[C@@H]([C@H](O)[C@H](O)C(N)=O)[C@@H](OCC(=O)OCC)C(N)=O. The monoisotopic (exact) mass is 380 g/mol. The highest BCUT2D eigenvalue weighted by Gasteiger charge is 2.40. The normalized spacial score (nSPS) is 15.4. The summed E-state index contributed by atoms with van der Waals surface area (Å²) in [5, 5.41) is 19.7. The molecule has 0 aromatic rings. The number of carbonyl (C=O) groups is 4. The molecule has 2 amide bonds. The van der Waals surface area contributed by atoms with Crippen molar-refractivity contribution < 1.29 is 48.3 Å². The first-order valence-electron chi connectivity index (χ1n) is 7.64. The molecule has 0 heterocycles. The van der Waals surface area contributed by atoms with E-state index < -0.39 is 61.4 Å². The maximum absolute atomic E-state index is 11.6. The molecule has 4 atom stereocenters. The standard InChI is InChI=1S/C14H24N2O10/c1-3-23-7(17)5-25-11(9(19)10(20)13(15)21)12(14(16)22)26-6-8(18)24-4-2/h9-12,19-20H,3-6H2,1-2H3,(H2,15,21)(H2,16,22)/t9-,10+,11+,12-/m1/s1. The van der Waals surface area contributed by atoms with Crippen LogP contribution < -0.4 is 11.5 Å². The highest BCUT2D eigenvalue weighted by Crippen LogP contribution is 2.13. The Labute approximate surface area is 149 Å². The van der Waals surface area contributed by atoms with E-state index in [2.05, 4.69) is 9.47 Å². The molecule has 150 valence electrons. The first-order chi connectivity index (χ1) is 12.1. The fourth-order valence-corrected chi connectivity index (χ4v) is 1.78. The van der Waals surface area contributed by atoms with Crippen molar-refractivity contribution in [3.8, 4) is 0 Å². The van der Waals surface area contributed by atoms with Gasteiger partial charge < -0.3 is 40.6 Å². The van der Waals surface area contributed by atoms with Gasteiger partial charge in [0.05, 0.1) is 13.2 Å². The van der Waals surface area contributed by atoms with Crippen LogP contribution in [0.3, 0.4) is 0 Å². The van der Waals surface area contributed by atoms with E-state index in [0.29, 0.717) is 0 Å². The van der Waals surface area contributed by atoms with Gasteiger partial charge in [-0.15, -0.1) is 0 Å². The van der Waals surface area contributed by atoms with Crippen LogP contribution in [-0.4, -0.2) is 84.8 Å². The molecule has 0 unspecified atom stereocenters. The summed E-state index contributed by atoms with van der Waals surface area (Å²) < 4.78 is 19.2. The van der Waals surface area contributed by atoms with Gasteiger partial charge in [0.1, 0.15) is 25.4 Å². The van der Waals surface area contributed by atoms with Crippen LogP contribution >= 0.6 is 0 Å². The Morgan fingerprint density at radius 2 is 1.31 bits per heavy atom. The number of primary amides is 2. The molecule has 0 rings (SSSR count). The third-order valence-corrected chi connectivity index (χ3v) is 2.92. The molecule has 12 heteroatoms. The van der Waals surface area contributed by atoms with Gasteiger partial charge in [-0.2, -0.15) is 0 Å². The molecule has 6 N–H and O–H groups in total. The van der Waals surface area contributed by atoms with Gasteiger partial charge in [0.25, 0.3) is 0 Å². The summed E-state index contributed by atoms with van der Waals surface area (Å²) >= 11 is 0. The van der Waals surface area contributed by atoms with Gasteiger partial charge in [0, 0.05) is 0 Å². The van der Waals surface area contributed by atoms with Crippen LogP contribution in [0.1, 0.15) is 13.8 Å². The first kappa shape index (κ1) is 23.7. The van der Waals surface area contributed by atoms with Crippen LogP contribution in [0.4, 0.5) is 0 Å². The van der Waals surface area contributed by atoms with Gasteiger partial charge in [-0.05, 0) is 13.8 Å². The number of rotatable bonds is 13. The number of carbonyl (C=O) groups excluding carboxylic acids is 4. The van der Waals surface area contributed by atoms with Crippen molar-refractivity contribution >= 4 is 23.8 Å². The van der Waals surface area contributed by atoms with Crippen molar-refractivity contribution in [1.29, 1.82) is 0 Å². The average molecular weight is 380 g/mol. The summed E-state index contributed by atoms with van der Waals surface area (Å²) in [6.07, 6.45) is -7.84. The van der Waals surface area contributed by atoms with Crippen molar-refractivity contribution in [3.05, 3.63) is 0 Å². The Kier molecular flexibility index (Phi) is 11.1. The molecule has 0 aliphatic carbocycles. The second kappa shape index (κ2) is 12.1. The van der Waals surface area contributed by atoms with Crippen LogP contribution in [0.25, 0.3) is 0 Å². The lowest BCUT2D eigenvalue weighted by molar-refractivity contribution is -0.182. The van der Waals surface area contributed by atoms with E-state index in [9.17, 15) is 29.4 Å². The number of esters is 2. The first-order valence-corrected chi connectivity index (χ1v) is 7.64. The predicted octanol–water partition coefficient (Wildman–Crippen LogP) is -3.42. The van der Waals surface area contributed by atoms with E-state index in [1.165, 1.54) is 6.92 Å². The minimum atomic E-state index is -2.16. The second-order valence-corrected chi connectivity index (χ2v) is 4.86. The van der Waals surface area contributed by atoms with E-state index in [1.807, 2.05) is 0 Å². The topological polar surface area (TPSA) is 198 Å². The largest absolute Gasteiger partial charge is 0.464 e. The average Bonchev–Trinajstić information content (AvgIpc) is 2.56. The highest BCUT2D eigenvalue weighted by atomic mass is 16.6. The summed E-state index contributed by atoms with van der Waals surface area (Å²) in [7, 11) is 0. The fourth-order valence-electron chi connectivity index (χ4n) is 1.78. The molecule has 0 aromatic heterocycles. The molecule has 0 saturated carbocycles. The number of amides is 2. The summed E-state index contributed by atoms with van der Waals surface area (Å²) in [5.41, 5.74) is 10.0. The molecule has 0 spiro atoms. The number of aliphatic hydroxyl groups excluding tert-OH is 2. The van der Waals surface area contributed by atoms with Crippen LogP contribution in [0.5, 0.6) is 0 Å². The predicted molar refractivity (Wildman–Crippen MR) is 83.1 cm³/mol. The van der Waals surface area contributed by atoms with Crippen LogP contribution in [0, 0.1) is 0 Å². The van der Waals surface area contributed by atoms with Crippen LogP contribution in [-0.2, 0) is 38.1 Å². The number of ether oxygens (including phenoxy) is 4. The van der Waals surface area contributed by atoms with E-state index in [0.717, 1.165) is 0 Å². The Balaban J connectivity index is 5.31. The molecule has 12 nitrogen and oxygen atoms in total. The number of nitrogens with two attached hydrogens (primary N) is 2. The minimum absolute atomic E-state index is 0.0396. The molecule has 0 saturated heterocycles. The Morgan fingerprint density at radius 3 is 1.69 bits per heavy atom. The third-order valence-electron chi connectivity index (χ3n) is 2.92. The van der Waals surface area contributed by atoms with Crippen molar-refractivity contribution in [2.24, 2.45) is 11.5 Å². The maximum Gasteiger partial charge on any atom is 0.332 e. The van der Waals surface area contributed by atoms with Gasteiger partial charge >= 0.3 is 11.9 Å². The number of hydrogen-bond donors (Lipinski definition) is 4. The van der Waals surface area contributed by atoms with E-state index in [4.69, 9.17) is 20.9 Å². The van der Waals surface area contributed by atoms with Gasteiger partial charge in [-0.3, -0.25) is 9.59 Å². The molecule has 0 radical (unpaired) electrons. The summed E-state index contributed by atoms with van der Waals surface area (Å²) in [6, 6.07) is 0. The van der Waals surface area contributed by atoms with Gasteiger partial charge in [-0.25, -0.2) is 9.59 Å². The molecule has 0 bridgehead atoms. The zero-order valence-electron chi connectivity index (χ0n) is 14.5. The van der Waals surface area contributed by atoms with E-state index in [1.54, 1.807) is 6.92 Å². The lowest BCUT2D eigenvalue weighted by Crippen LogP contribution is -2.55. The molecule has 0 aromatic carbocycles. The smallest absolute Gasteiger partial charge is 0.332 e. The molecular formula is C14H24N2O10. The van der Waals surface area contributed by atoms with Gasteiger partial charge in [0.15, 0.2) is 12.2 Å². The zero-order valence-corrected chi connectivity index (χ0v) is 14.5. The zero-order chi connectivity index (χ0) is 20.3. The Bertz CT molecular complexity index is 498. The summed E-state index contributed by atoms with van der Waals surface area (Å²) in [5.74, 6) is -4.21. The minimum Gasteiger partial charge on any atom is -0.464 e. The molecule has 0 fully saturated rings. The summed E-state index contributed by atoms with van der Waals surface area (Å²) in [6.45, 7) is 1.68. The number of aliphatic hydroxyl groups is 2. The second-order valence-electron chi connectivity index (χ2n) is 4.86. The Morgan fingerprint density at radius 1 is 0.846 bits per heavy atom. The quantitative estimate of drug-likeness (QED) is 0.233. The van der Waals surface area contributed by atoms with Crippen molar-refractivity contribution in [1.82, 2.24) is 0 Å². The van der Waals surface area contributed by atoms with E-state index in [-0.39, 0.29) is 13.2 Å². The number of hydrogen-bond acceptors (Lipinski definition) is 10. The molecule has 0 aliphatic rings. The lowest BCUT2D eigenvalue weighted by atomic mass is 10.0.